The van der Waals surface area contributed by atoms with Crippen molar-refractivity contribution >= 4 is 5.97 Å². The number of benzene rings is 1. The molecule has 38 heavy (non-hydrogen) atoms. The predicted octanol–water partition coefficient (Wildman–Crippen LogP) is 4.44. The van der Waals surface area contributed by atoms with Crippen LogP contribution in [0.15, 0.2) is 49.1 Å². The third-order valence-electron chi connectivity index (χ3n) is 7.47. The standard InChI is InChI=1S/C29H43N7O2/c1-24(29-32-14-15-33-29)36(23-27-30-12-13-31-27)22-26-9-7-25(8-10-26)21-35(20-11-28(37)38)19-6-5-18-34-16-3-2-4-17-34/h7-10,12-15,24H,2-6,11,16-23H2,1H3,(H,30,31)(H,32,33)(H,37,38). The van der Waals surface area contributed by atoms with E-state index < -0.39 is 5.97 Å². The zero-order chi connectivity index (χ0) is 26.6. The molecule has 206 valence electrons. The van der Waals surface area contributed by atoms with E-state index in [0.717, 1.165) is 44.2 Å². The Morgan fingerprint density at radius 1 is 0.947 bits per heavy atom. The van der Waals surface area contributed by atoms with Crippen molar-refractivity contribution in [1.29, 1.82) is 0 Å². The molecule has 3 N–H and O–H groups in total. The summed E-state index contributed by atoms with van der Waals surface area (Å²) in [6, 6.07) is 8.83. The maximum Gasteiger partial charge on any atom is 0.304 e. The Balaban J connectivity index is 1.32. The minimum Gasteiger partial charge on any atom is -0.481 e. The molecule has 1 fully saturated rings. The summed E-state index contributed by atoms with van der Waals surface area (Å²) < 4.78 is 0. The number of imidazole rings is 2. The summed E-state index contributed by atoms with van der Waals surface area (Å²) in [6.45, 7) is 9.52. The fourth-order valence-electron chi connectivity index (χ4n) is 5.21. The van der Waals surface area contributed by atoms with Crippen LogP contribution in [0, 0.1) is 0 Å². The Bertz CT molecular complexity index is 1050. The van der Waals surface area contributed by atoms with Crippen molar-refractivity contribution in [1.82, 2.24) is 34.6 Å². The van der Waals surface area contributed by atoms with Gasteiger partial charge in [0.25, 0.3) is 0 Å². The number of piperidine rings is 1. The largest absolute Gasteiger partial charge is 0.481 e. The molecule has 2 aromatic heterocycles. The van der Waals surface area contributed by atoms with Gasteiger partial charge in [-0.15, -0.1) is 0 Å². The molecule has 1 aliphatic rings. The molecule has 3 heterocycles. The minimum absolute atomic E-state index is 0.103. The summed E-state index contributed by atoms with van der Waals surface area (Å²) >= 11 is 0. The van der Waals surface area contributed by atoms with Crippen molar-refractivity contribution in [2.24, 2.45) is 0 Å². The number of aromatic amines is 2. The normalized spacial score (nSPS) is 15.3. The minimum atomic E-state index is -0.735. The van der Waals surface area contributed by atoms with Crippen LogP contribution in [0.3, 0.4) is 0 Å². The summed E-state index contributed by atoms with van der Waals surface area (Å²) in [4.78, 5) is 33.8. The topological polar surface area (TPSA) is 104 Å². The summed E-state index contributed by atoms with van der Waals surface area (Å²) in [6.07, 6.45) is 13.7. The first-order chi connectivity index (χ1) is 18.6. The van der Waals surface area contributed by atoms with Crippen LogP contribution >= 0.6 is 0 Å². The van der Waals surface area contributed by atoms with E-state index in [1.807, 2.05) is 12.4 Å². The maximum absolute atomic E-state index is 11.2. The molecule has 0 amide bonds. The average Bonchev–Trinajstić information content (AvgIpc) is 3.65. The fourth-order valence-corrected chi connectivity index (χ4v) is 5.21. The first kappa shape index (κ1) is 28.0. The Hall–Kier alpha value is -3.01. The number of likely N-dealkylation sites (tertiary alicyclic amines) is 1. The molecule has 0 bridgehead atoms. The number of hydrogen-bond donors (Lipinski definition) is 3. The van der Waals surface area contributed by atoms with Gasteiger partial charge in [0.2, 0.25) is 0 Å². The van der Waals surface area contributed by atoms with Gasteiger partial charge in [0.05, 0.1) is 19.0 Å². The third kappa shape index (κ3) is 9.08. The number of aromatic nitrogens is 4. The van der Waals surface area contributed by atoms with Gasteiger partial charge in [0, 0.05) is 44.4 Å². The molecule has 9 nitrogen and oxygen atoms in total. The van der Waals surface area contributed by atoms with Gasteiger partial charge < -0.3 is 20.0 Å². The SMILES string of the molecule is CC(c1ncc[nH]1)N(Cc1ccc(CN(CCCCN2CCCCC2)CCC(=O)O)cc1)Cc1ncc[nH]1. The van der Waals surface area contributed by atoms with E-state index in [9.17, 15) is 9.90 Å². The number of unbranched alkanes of at least 4 members (excludes halogenated alkanes) is 1. The Labute approximate surface area is 226 Å². The van der Waals surface area contributed by atoms with Crippen LogP contribution in [-0.2, 0) is 24.4 Å². The van der Waals surface area contributed by atoms with E-state index in [-0.39, 0.29) is 12.5 Å². The molecule has 1 atom stereocenters. The smallest absolute Gasteiger partial charge is 0.304 e. The van der Waals surface area contributed by atoms with Crippen LogP contribution < -0.4 is 0 Å². The molecule has 0 spiro atoms. The van der Waals surface area contributed by atoms with Crippen molar-refractivity contribution in [2.45, 2.75) is 71.1 Å². The molecule has 4 rings (SSSR count). The second-order valence-electron chi connectivity index (χ2n) is 10.4. The molecular weight excluding hydrogens is 478 g/mol. The molecule has 1 unspecified atom stereocenters. The number of carbonyl (C=O) groups is 1. The highest BCUT2D eigenvalue weighted by atomic mass is 16.4. The molecule has 0 radical (unpaired) electrons. The van der Waals surface area contributed by atoms with Gasteiger partial charge in [-0.25, -0.2) is 9.97 Å². The fraction of sp³-hybridized carbons (Fsp3) is 0.552. The first-order valence-electron chi connectivity index (χ1n) is 14.0. The first-order valence-corrected chi connectivity index (χ1v) is 14.0. The van der Waals surface area contributed by atoms with Gasteiger partial charge in [0.1, 0.15) is 11.6 Å². The lowest BCUT2D eigenvalue weighted by Gasteiger charge is -2.27. The Morgan fingerprint density at radius 3 is 2.32 bits per heavy atom. The van der Waals surface area contributed by atoms with Gasteiger partial charge in [-0.05, 0) is 69.9 Å². The number of nitrogens with zero attached hydrogens (tertiary/aromatic N) is 5. The monoisotopic (exact) mass is 521 g/mol. The number of carboxylic acids is 1. The summed E-state index contributed by atoms with van der Waals surface area (Å²) in [5.41, 5.74) is 2.43. The molecule has 0 saturated carbocycles. The second-order valence-corrected chi connectivity index (χ2v) is 10.4. The van der Waals surface area contributed by atoms with Crippen LogP contribution in [0.25, 0.3) is 0 Å². The van der Waals surface area contributed by atoms with Gasteiger partial charge >= 0.3 is 5.97 Å². The van der Waals surface area contributed by atoms with E-state index in [0.29, 0.717) is 13.1 Å². The van der Waals surface area contributed by atoms with E-state index in [2.05, 4.69) is 65.8 Å². The molecule has 1 saturated heterocycles. The lowest BCUT2D eigenvalue weighted by Crippen LogP contribution is -2.31. The van der Waals surface area contributed by atoms with Crippen LogP contribution in [-0.4, -0.2) is 78.4 Å². The van der Waals surface area contributed by atoms with Crippen molar-refractivity contribution < 1.29 is 9.90 Å². The number of rotatable bonds is 16. The van der Waals surface area contributed by atoms with Crippen molar-refractivity contribution in [3.8, 4) is 0 Å². The predicted molar refractivity (Wildman–Crippen MR) is 148 cm³/mol. The van der Waals surface area contributed by atoms with Gasteiger partial charge in [-0.3, -0.25) is 14.6 Å². The Morgan fingerprint density at radius 2 is 1.66 bits per heavy atom. The summed E-state index contributed by atoms with van der Waals surface area (Å²) in [7, 11) is 0. The second kappa shape index (κ2) is 14.8. The quantitative estimate of drug-likeness (QED) is 0.239. The molecule has 9 heteroatoms. The van der Waals surface area contributed by atoms with Crippen molar-refractivity contribution in [2.75, 3.05) is 32.7 Å². The van der Waals surface area contributed by atoms with E-state index in [4.69, 9.17) is 0 Å². The molecule has 0 aliphatic carbocycles. The van der Waals surface area contributed by atoms with Crippen LogP contribution in [0.5, 0.6) is 0 Å². The highest BCUT2D eigenvalue weighted by molar-refractivity contribution is 5.66. The van der Waals surface area contributed by atoms with Gasteiger partial charge in [-0.2, -0.15) is 0 Å². The number of nitrogens with one attached hydrogen (secondary N) is 2. The van der Waals surface area contributed by atoms with E-state index in [1.54, 1.807) is 12.4 Å². The van der Waals surface area contributed by atoms with E-state index >= 15 is 0 Å². The van der Waals surface area contributed by atoms with E-state index in [1.165, 1.54) is 49.9 Å². The average molecular weight is 522 g/mol. The van der Waals surface area contributed by atoms with Crippen LogP contribution in [0.2, 0.25) is 0 Å². The highest BCUT2D eigenvalue weighted by Gasteiger charge is 2.20. The molecule has 1 aliphatic heterocycles. The van der Waals surface area contributed by atoms with Crippen LogP contribution in [0.1, 0.15) is 74.3 Å². The number of hydrogen-bond acceptors (Lipinski definition) is 6. The number of aliphatic carboxylic acids is 1. The summed E-state index contributed by atoms with van der Waals surface area (Å²) in [5.74, 6) is 1.12. The van der Waals surface area contributed by atoms with Gasteiger partial charge in [-0.1, -0.05) is 30.7 Å². The zero-order valence-corrected chi connectivity index (χ0v) is 22.7. The highest BCUT2D eigenvalue weighted by Crippen LogP contribution is 2.22. The molecule has 3 aromatic rings. The van der Waals surface area contributed by atoms with Crippen molar-refractivity contribution in [3.05, 3.63) is 71.8 Å². The summed E-state index contributed by atoms with van der Waals surface area (Å²) in [5, 5.41) is 9.24. The molecule has 1 aromatic carbocycles. The van der Waals surface area contributed by atoms with Crippen LogP contribution in [0.4, 0.5) is 0 Å². The Kier molecular flexibility index (Phi) is 10.9. The number of H-pyrrole nitrogens is 2. The lowest BCUT2D eigenvalue weighted by atomic mass is 10.1. The maximum atomic E-state index is 11.2. The number of carboxylic acid groups (broad SMARTS) is 1. The third-order valence-corrected chi connectivity index (χ3v) is 7.47. The zero-order valence-electron chi connectivity index (χ0n) is 22.7. The van der Waals surface area contributed by atoms with Crippen molar-refractivity contribution in [3.63, 3.8) is 0 Å². The lowest BCUT2D eigenvalue weighted by molar-refractivity contribution is -0.137. The molecular formula is C29H43N7O2. The van der Waals surface area contributed by atoms with Gasteiger partial charge in [0.15, 0.2) is 0 Å².